The van der Waals surface area contributed by atoms with E-state index in [2.05, 4.69) is 65.4 Å². The first-order valence-electron chi connectivity index (χ1n) is 39.9. The molecule has 13 atom stereocenters. The Morgan fingerprint density at radius 3 is 1.44 bits per heavy atom. The number of carbonyl (C=O) groups excluding carboxylic acids is 15. The van der Waals surface area contributed by atoms with E-state index in [1.807, 2.05) is 0 Å². The molecule has 34 heteroatoms. The normalized spacial score (nSPS) is 20.5. The Morgan fingerprint density at radius 2 is 0.956 bits per heavy atom. The average Bonchev–Trinajstić information content (AvgIpc) is 0.858. The first kappa shape index (κ1) is 101. The van der Waals surface area contributed by atoms with E-state index in [1.165, 1.54) is 13.8 Å². The molecule has 11 amide bonds. The van der Waals surface area contributed by atoms with Gasteiger partial charge in [-0.25, -0.2) is 19.2 Å². The van der Waals surface area contributed by atoms with E-state index < -0.39 is 235 Å². The van der Waals surface area contributed by atoms with Crippen LogP contribution in [0.3, 0.4) is 0 Å². The van der Waals surface area contributed by atoms with Gasteiger partial charge < -0.3 is 98.5 Å². The molecule has 646 valence electrons. The Labute approximate surface area is 671 Å². The molecule has 0 unspecified atom stereocenters. The molecular formula is C80H134N12O22. The van der Waals surface area contributed by atoms with E-state index in [4.69, 9.17) is 24.7 Å². The molecule has 1 aliphatic heterocycles. The molecule has 114 heavy (non-hydrogen) atoms. The smallest absolute Gasteiger partial charge is 0.407 e. The lowest BCUT2D eigenvalue weighted by Crippen LogP contribution is -2.57. The molecule has 1 aromatic rings. The van der Waals surface area contributed by atoms with Crippen LogP contribution in [0, 0.1) is 29.6 Å². The van der Waals surface area contributed by atoms with Crippen LogP contribution in [0.25, 0.3) is 0 Å². The Balaban J connectivity index is 2.95. The van der Waals surface area contributed by atoms with Crippen LogP contribution in [0.4, 0.5) is 19.2 Å². The van der Waals surface area contributed by atoms with Gasteiger partial charge in [-0.1, -0.05) is 89.6 Å². The van der Waals surface area contributed by atoms with Gasteiger partial charge in [0.25, 0.3) is 0 Å². The topological polar surface area (TPSA) is 512 Å². The van der Waals surface area contributed by atoms with Crippen LogP contribution in [0.1, 0.15) is 232 Å². The number of aliphatic hydroxyl groups excluding tert-OH is 3. The van der Waals surface area contributed by atoms with Gasteiger partial charge in [0.05, 0.1) is 54.8 Å². The highest BCUT2D eigenvalue weighted by atomic mass is 16.6. The molecule has 0 bridgehead atoms. The number of Topliss-reactive ketones (excluding diaryl/α,β-unsaturated/α-hetero) is 4. The summed E-state index contributed by atoms with van der Waals surface area (Å²) in [5.74, 6) is -16.8. The number of benzene rings is 1. The summed E-state index contributed by atoms with van der Waals surface area (Å²) in [6.45, 7) is 24.5. The van der Waals surface area contributed by atoms with Crippen molar-refractivity contribution in [1.82, 2.24) is 58.5 Å². The largest absolute Gasteiger partial charge is 0.444 e. The monoisotopic (exact) mass is 1610 g/mol. The van der Waals surface area contributed by atoms with Crippen LogP contribution in [0.15, 0.2) is 30.3 Å². The number of hydrogen-bond donors (Lipinski definition) is 15. The van der Waals surface area contributed by atoms with Crippen LogP contribution in [-0.2, 0) is 78.1 Å². The van der Waals surface area contributed by atoms with Crippen molar-refractivity contribution < 1.29 is 106 Å². The average molecular weight is 1620 g/mol. The van der Waals surface area contributed by atoms with Crippen molar-refractivity contribution >= 4 is 88.9 Å². The molecule has 2 rings (SSSR count). The quantitative estimate of drug-likeness (QED) is 0.0325. The van der Waals surface area contributed by atoms with Gasteiger partial charge in [-0.05, 0) is 160 Å². The summed E-state index contributed by atoms with van der Waals surface area (Å²) in [6, 6.07) is -2.15. The summed E-state index contributed by atoms with van der Waals surface area (Å²) in [6.07, 6.45) is -6.25. The zero-order valence-corrected chi connectivity index (χ0v) is 70.1. The van der Waals surface area contributed by atoms with E-state index in [9.17, 15) is 72.9 Å². The molecule has 1 aliphatic rings. The molecule has 1 fully saturated rings. The van der Waals surface area contributed by atoms with Crippen LogP contribution in [-0.4, -0.2) is 220 Å². The Morgan fingerprint density at radius 1 is 0.518 bits per heavy atom. The third-order valence-corrected chi connectivity index (χ3v) is 18.0. The van der Waals surface area contributed by atoms with Gasteiger partial charge in [0, 0.05) is 70.2 Å². The summed E-state index contributed by atoms with van der Waals surface area (Å²) in [7, 11) is 0. The number of ether oxygens (including phenoxy) is 4. The highest BCUT2D eigenvalue weighted by Gasteiger charge is 2.40. The summed E-state index contributed by atoms with van der Waals surface area (Å²) < 4.78 is 21.5. The molecule has 16 N–H and O–H groups in total. The number of ketones is 4. The second kappa shape index (κ2) is 49.8. The lowest BCUT2D eigenvalue weighted by atomic mass is 9.89. The van der Waals surface area contributed by atoms with Crippen LogP contribution < -0.4 is 64.2 Å². The van der Waals surface area contributed by atoms with E-state index >= 15 is 14.4 Å². The molecule has 0 aromatic heterocycles. The fourth-order valence-electron chi connectivity index (χ4n) is 12.1. The number of rotatable bonds is 36. The number of carbonyl (C=O) groups is 15. The molecule has 0 aliphatic carbocycles. The summed E-state index contributed by atoms with van der Waals surface area (Å²) in [4.78, 5) is 213. The summed E-state index contributed by atoms with van der Waals surface area (Å²) in [5, 5.41) is 61.8. The van der Waals surface area contributed by atoms with Crippen molar-refractivity contribution in [2.24, 2.45) is 35.3 Å². The number of alkyl carbamates (subject to hydrolysis) is 4. The first-order chi connectivity index (χ1) is 53.0. The fraction of sp³-hybridized carbons (Fsp3) is 0.738. The summed E-state index contributed by atoms with van der Waals surface area (Å²) >= 11 is 0. The fourth-order valence-corrected chi connectivity index (χ4v) is 12.1. The van der Waals surface area contributed by atoms with Crippen molar-refractivity contribution in [3.63, 3.8) is 0 Å². The second-order valence-corrected chi connectivity index (χ2v) is 33.8. The zero-order chi connectivity index (χ0) is 86.4. The standard InChI is InChI=1S/C80H134N12O22/c1-18-19-20-21-22-26-29-55(81)70(104)88-57(32-37-84-74(108)112-78(9,10)11)65(99)45-54(49(5)95)69(103)92-61(46-93)63(97)42-51-30-35-82-68(102)53(48(4)94)44-64(98)58(33-38-85-75(109)113-79(12,13)14)89-71(105)59(34-39-86-76(110)114-80(15,16)17)90-72(106)60(40-47(2)3)91-67(101)52(41-50-27-24-23-25-28-50)43-62(96)56(87-66(51)100)31-36-83-73(107)111-77(6,7)8/h23-25,27-28,47-49,51-61,93-95H,18-22,26,29-46,81H2,1-17H3,(H,82,102)(H,83,107)(H,84,108)(H,85,109)(H,86,110)(H,87,100)(H,88,104)(H,89,105)(H,90,106)(H,91,101)(H,92,103)/t48-,49-,51-,52+,53+,54+,55+,56+,57+,58+,59+,60+,61-/m1/s1. The van der Waals surface area contributed by atoms with Crippen molar-refractivity contribution in [3.05, 3.63) is 35.9 Å². The van der Waals surface area contributed by atoms with E-state index in [1.54, 1.807) is 127 Å². The molecule has 0 saturated carbocycles. The number of amides is 11. The third kappa shape index (κ3) is 42.5. The molecule has 1 heterocycles. The highest BCUT2D eigenvalue weighted by molar-refractivity contribution is 5.99. The number of aliphatic hydroxyl groups is 3. The van der Waals surface area contributed by atoms with Gasteiger partial charge in [0.1, 0.15) is 40.5 Å². The van der Waals surface area contributed by atoms with Crippen molar-refractivity contribution in [1.29, 1.82) is 0 Å². The first-order valence-corrected chi connectivity index (χ1v) is 39.9. The third-order valence-electron chi connectivity index (χ3n) is 18.0. The highest BCUT2D eigenvalue weighted by Crippen LogP contribution is 2.23. The van der Waals surface area contributed by atoms with Gasteiger partial charge in [0.2, 0.25) is 41.4 Å². The van der Waals surface area contributed by atoms with E-state index in [-0.39, 0.29) is 77.0 Å². The van der Waals surface area contributed by atoms with Gasteiger partial charge in [0.15, 0.2) is 23.1 Å². The van der Waals surface area contributed by atoms with Crippen LogP contribution in [0.2, 0.25) is 0 Å². The second-order valence-electron chi connectivity index (χ2n) is 33.8. The minimum Gasteiger partial charge on any atom is -0.444 e. The molecule has 34 nitrogen and oxygen atoms in total. The van der Waals surface area contributed by atoms with Crippen LogP contribution in [0.5, 0.6) is 0 Å². The van der Waals surface area contributed by atoms with Gasteiger partial charge in [-0.15, -0.1) is 0 Å². The Kier molecular flexibility index (Phi) is 44.2. The van der Waals surface area contributed by atoms with Crippen LogP contribution >= 0.6 is 0 Å². The molecule has 0 radical (unpaired) electrons. The number of nitrogens with one attached hydrogen (secondary N) is 11. The molecule has 0 spiro atoms. The van der Waals surface area contributed by atoms with Crippen molar-refractivity contribution in [3.8, 4) is 0 Å². The number of nitrogens with two attached hydrogens (primary N) is 1. The number of hydrogen-bond acceptors (Lipinski definition) is 23. The maximum Gasteiger partial charge on any atom is 0.407 e. The van der Waals surface area contributed by atoms with Gasteiger partial charge in [-0.3, -0.25) is 52.7 Å². The Hall–Kier alpha value is -8.89. The maximum atomic E-state index is 15.2. The molecular weight excluding hydrogens is 1480 g/mol. The van der Waals surface area contributed by atoms with Gasteiger partial charge >= 0.3 is 24.4 Å². The van der Waals surface area contributed by atoms with E-state index in [0.29, 0.717) is 12.0 Å². The lowest BCUT2D eigenvalue weighted by molar-refractivity contribution is -0.138. The lowest BCUT2D eigenvalue weighted by Gasteiger charge is -2.28. The Bertz CT molecular complexity index is 3310. The van der Waals surface area contributed by atoms with Crippen molar-refractivity contribution in [2.45, 2.75) is 310 Å². The minimum absolute atomic E-state index is 0.0696. The predicted octanol–water partition coefficient (Wildman–Crippen LogP) is 4.50. The van der Waals surface area contributed by atoms with Gasteiger partial charge in [-0.2, -0.15) is 0 Å². The SMILES string of the molecule is CCCCCCCC[C@H](N)C(=O)N[C@@H](CCNC(=O)OC(C)(C)C)C(=O)C[C@H](C(=O)N[C@H](CO)C(=O)C[C@H]1CCNC(=O)[C@H]([C@@H](C)O)CC(=O)[C@H](CCNC(=O)OC(C)(C)C)NC(=O)[C@H](CCNC(=O)OC(C)(C)C)NC(=O)[C@H](CC(C)C)NC(=O)[C@@H](Cc2ccccc2)CC(=O)[C@H](CCNC(=O)OC(C)(C)C)NC1=O)[C@@H](C)O. The zero-order valence-electron chi connectivity index (χ0n) is 70.1. The van der Waals surface area contributed by atoms with Crippen molar-refractivity contribution in [2.75, 3.05) is 39.3 Å². The minimum atomic E-state index is -1.89. The predicted molar refractivity (Wildman–Crippen MR) is 423 cm³/mol. The maximum absolute atomic E-state index is 15.2. The molecule has 1 saturated heterocycles. The molecule has 1 aromatic carbocycles. The van der Waals surface area contributed by atoms with E-state index in [0.717, 1.165) is 32.1 Å². The summed E-state index contributed by atoms with van der Waals surface area (Å²) in [5.41, 5.74) is 3.06. The number of unbranched alkanes of at least 4 members (excludes halogenated alkanes) is 5.